The van der Waals surface area contributed by atoms with E-state index in [1.54, 1.807) is 18.2 Å². The Balaban J connectivity index is 2.03. The fourth-order valence-corrected chi connectivity index (χ4v) is 2.65. The fraction of sp³-hybridized carbons (Fsp3) is 0.118. The lowest BCUT2D eigenvalue weighted by atomic mass is 10.2. The first kappa shape index (κ1) is 14.6. The predicted molar refractivity (Wildman–Crippen MR) is 84.6 cm³/mol. The second-order valence-electron chi connectivity index (χ2n) is 5.29. The molecule has 2 aromatic rings. The Morgan fingerprint density at radius 1 is 1.13 bits per heavy atom. The van der Waals surface area contributed by atoms with Gasteiger partial charge in [0.25, 0.3) is 5.91 Å². The van der Waals surface area contributed by atoms with Crippen LogP contribution in [-0.4, -0.2) is 16.5 Å². The number of imide groups is 1. The van der Waals surface area contributed by atoms with Crippen molar-refractivity contribution in [1.82, 2.24) is 15.2 Å². The van der Waals surface area contributed by atoms with Gasteiger partial charge in [0, 0.05) is 17.1 Å². The first-order valence-electron chi connectivity index (χ1n) is 7.03. The van der Waals surface area contributed by atoms with Crippen LogP contribution in [0, 0.1) is 25.2 Å². The third-order valence-electron chi connectivity index (χ3n) is 3.74. The van der Waals surface area contributed by atoms with E-state index in [1.807, 2.05) is 36.6 Å². The van der Waals surface area contributed by atoms with Crippen molar-refractivity contribution >= 4 is 18.0 Å². The van der Waals surface area contributed by atoms with Crippen molar-refractivity contribution in [2.45, 2.75) is 13.8 Å². The first-order valence-corrected chi connectivity index (χ1v) is 7.03. The average Bonchev–Trinajstić information content (AvgIpc) is 2.99. The summed E-state index contributed by atoms with van der Waals surface area (Å²) in [5, 5.41) is 13.5. The van der Waals surface area contributed by atoms with E-state index in [0.717, 1.165) is 22.6 Å². The Morgan fingerprint density at radius 2 is 1.83 bits per heavy atom. The lowest BCUT2D eigenvalue weighted by Gasteiger charge is -2.09. The van der Waals surface area contributed by atoms with E-state index in [2.05, 4.69) is 16.7 Å². The molecule has 2 heterocycles. The summed E-state index contributed by atoms with van der Waals surface area (Å²) in [6.45, 7) is 3.90. The molecule has 3 amide bonds. The highest BCUT2D eigenvalue weighted by molar-refractivity contribution is 6.14. The molecule has 0 unspecified atom stereocenters. The number of benzene rings is 1. The summed E-state index contributed by atoms with van der Waals surface area (Å²) in [6.07, 6.45) is 1.66. The van der Waals surface area contributed by atoms with Crippen LogP contribution in [0.15, 0.2) is 36.0 Å². The van der Waals surface area contributed by atoms with Gasteiger partial charge in [-0.3, -0.25) is 10.1 Å². The molecule has 1 aromatic carbocycles. The Morgan fingerprint density at radius 3 is 2.39 bits per heavy atom. The molecule has 1 aliphatic rings. The van der Waals surface area contributed by atoms with Gasteiger partial charge >= 0.3 is 6.03 Å². The number of rotatable bonds is 2. The Hall–Kier alpha value is -3.33. The number of hydrogen-bond acceptors (Lipinski definition) is 3. The summed E-state index contributed by atoms with van der Waals surface area (Å²) >= 11 is 0. The van der Waals surface area contributed by atoms with E-state index in [4.69, 9.17) is 5.26 Å². The van der Waals surface area contributed by atoms with Gasteiger partial charge < -0.3 is 9.88 Å². The molecule has 1 saturated heterocycles. The molecule has 0 radical (unpaired) electrons. The van der Waals surface area contributed by atoms with Crippen molar-refractivity contribution in [1.29, 1.82) is 5.26 Å². The van der Waals surface area contributed by atoms with Crippen LogP contribution in [0.2, 0.25) is 0 Å². The average molecular weight is 306 g/mol. The minimum Gasteiger partial charge on any atom is -0.318 e. The SMILES string of the molecule is Cc1cc(/C=C2/NC(=O)NC2=O)c(C)n1-c1ccc(C#N)cc1. The van der Waals surface area contributed by atoms with E-state index >= 15 is 0 Å². The second kappa shape index (κ2) is 5.46. The van der Waals surface area contributed by atoms with Gasteiger partial charge in [-0.25, -0.2) is 4.79 Å². The standard InChI is InChI=1S/C17H14N4O2/c1-10-7-13(8-15-16(22)20-17(23)19-15)11(2)21(10)14-5-3-12(9-18)4-6-14/h3-8H,1-2H3,(H2,19,20,22,23)/b15-8+. The lowest BCUT2D eigenvalue weighted by Crippen LogP contribution is -2.22. The van der Waals surface area contributed by atoms with Crippen LogP contribution in [0.4, 0.5) is 4.79 Å². The number of aromatic nitrogens is 1. The summed E-state index contributed by atoms with van der Waals surface area (Å²) in [5.74, 6) is -0.432. The Kier molecular flexibility index (Phi) is 3.47. The van der Waals surface area contributed by atoms with Gasteiger partial charge in [0.05, 0.1) is 11.6 Å². The van der Waals surface area contributed by atoms with Crippen LogP contribution in [0.5, 0.6) is 0 Å². The van der Waals surface area contributed by atoms with Gasteiger partial charge in [0.15, 0.2) is 0 Å². The van der Waals surface area contributed by atoms with Crippen LogP contribution in [0.25, 0.3) is 11.8 Å². The Bertz CT molecular complexity index is 883. The van der Waals surface area contributed by atoms with E-state index < -0.39 is 11.9 Å². The molecule has 1 fully saturated rings. The van der Waals surface area contributed by atoms with Gasteiger partial charge in [-0.1, -0.05) is 0 Å². The van der Waals surface area contributed by atoms with Gasteiger partial charge in [-0.2, -0.15) is 5.26 Å². The molecule has 1 aliphatic heterocycles. The first-order chi connectivity index (χ1) is 11.0. The van der Waals surface area contributed by atoms with E-state index in [0.29, 0.717) is 5.56 Å². The topological polar surface area (TPSA) is 86.9 Å². The maximum atomic E-state index is 11.6. The number of carbonyl (C=O) groups excluding carboxylic acids is 2. The van der Waals surface area contributed by atoms with Gasteiger partial charge in [0.2, 0.25) is 0 Å². The third-order valence-corrected chi connectivity index (χ3v) is 3.74. The number of urea groups is 1. The number of amides is 3. The number of carbonyl (C=O) groups is 2. The van der Waals surface area contributed by atoms with E-state index in [9.17, 15) is 9.59 Å². The van der Waals surface area contributed by atoms with Crippen LogP contribution in [0.1, 0.15) is 22.5 Å². The molecular weight excluding hydrogens is 292 g/mol. The molecule has 0 bridgehead atoms. The quantitative estimate of drug-likeness (QED) is 0.658. The molecule has 114 valence electrons. The van der Waals surface area contributed by atoms with Crippen LogP contribution in [0.3, 0.4) is 0 Å². The number of nitrogens with zero attached hydrogens (tertiary/aromatic N) is 2. The van der Waals surface area contributed by atoms with Crippen molar-refractivity contribution in [2.24, 2.45) is 0 Å². The number of hydrogen-bond donors (Lipinski definition) is 2. The number of nitrogens with one attached hydrogen (secondary N) is 2. The van der Waals surface area contributed by atoms with E-state index in [-0.39, 0.29) is 5.70 Å². The summed E-state index contributed by atoms with van der Waals surface area (Å²) in [7, 11) is 0. The van der Waals surface area contributed by atoms with Crippen LogP contribution in [-0.2, 0) is 4.79 Å². The minimum atomic E-state index is -0.512. The molecule has 6 heteroatoms. The maximum absolute atomic E-state index is 11.6. The van der Waals surface area contributed by atoms with Crippen LogP contribution >= 0.6 is 0 Å². The smallest absolute Gasteiger partial charge is 0.318 e. The number of aryl methyl sites for hydroxylation is 1. The highest BCUT2D eigenvalue weighted by Crippen LogP contribution is 2.23. The molecule has 23 heavy (non-hydrogen) atoms. The summed E-state index contributed by atoms with van der Waals surface area (Å²) < 4.78 is 2.03. The molecular formula is C17H14N4O2. The summed E-state index contributed by atoms with van der Waals surface area (Å²) in [6, 6.07) is 10.8. The molecule has 6 nitrogen and oxygen atoms in total. The van der Waals surface area contributed by atoms with Crippen molar-refractivity contribution in [3.05, 3.63) is 58.5 Å². The van der Waals surface area contributed by atoms with Gasteiger partial charge in [0.1, 0.15) is 5.70 Å². The van der Waals surface area contributed by atoms with Crippen molar-refractivity contribution in [2.75, 3.05) is 0 Å². The molecule has 0 atom stereocenters. The molecule has 0 saturated carbocycles. The maximum Gasteiger partial charge on any atom is 0.326 e. The van der Waals surface area contributed by atoms with E-state index in [1.165, 1.54) is 0 Å². The van der Waals surface area contributed by atoms with Crippen molar-refractivity contribution in [3.63, 3.8) is 0 Å². The second-order valence-corrected chi connectivity index (χ2v) is 5.29. The van der Waals surface area contributed by atoms with Crippen molar-refractivity contribution < 1.29 is 9.59 Å². The zero-order chi connectivity index (χ0) is 16.6. The van der Waals surface area contributed by atoms with Crippen LogP contribution < -0.4 is 10.6 Å². The molecule has 1 aromatic heterocycles. The van der Waals surface area contributed by atoms with Gasteiger partial charge in [-0.15, -0.1) is 0 Å². The minimum absolute atomic E-state index is 0.232. The Labute approximate surface area is 133 Å². The highest BCUT2D eigenvalue weighted by atomic mass is 16.2. The molecule has 2 N–H and O–H groups in total. The summed E-state index contributed by atoms with van der Waals surface area (Å²) in [5.41, 5.74) is 4.54. The highest BCUT2D eigenvalue weighted by Gasteiger charge is 2.23. The third kappa shape index (κ3) is 2.60. The monoisotopic (exact) mass is 306 g/mol. The normalized spacial score (nSPS) is 15.4. The molecule has 0 aliphatic carbocycles. The zero-order valence-electron chi connectivity index (χ0n) is 12.7. The lowest BCUT2D eigenvalue weighted by molar-refractivity contribution is -0.115. The summed E-state index contributed by atoms with van der Waals surface area (Å²) in [4.78, 5) is 22.8. The largest absolute Gasteiger partial charge is 0.326 e. The van der Waals surface area contributed by atoms with Gasteiger partial charge in [-0.05, 0) is 55.8 Å². The fourth-order valence-electron chi connectivity index (χ4n) is 2.65. The predicted octanol–water partition coefficient (Wildman–Crippen LogP) is 2.15. The molecule has 3 rings (SSSR count). The van der Waals surface area contributed by atoms with Crippen molar-refractivity contribution in [3.8, 4) is 11.8 Å². The number of nitriles is 1. The zero-order valence-corrected chi connectivity index (χ0v) is 12.7. The molecule has 0 spiro atoms.